The van der Waals surface area contributed by atoms with Crippen molar-refractivity contribution in [3.8, 4) is 0 Å². The SMILES string of the molecule is Cc1cc(C)n(C[C@H](O)Cn2c3ccc(Cl)cc3c3cc(Cl)ccc32)n1. The largest absolute Gasteiger partial charge is 0.389 e. The summed E-state index contributed by atoms with van der Waals surface area (Å²) in [6, 6.07) is 13.6. The van der Waals surface area contributed by atoms with E-state index < -0.39 is 6.10 Å². The van der Waals surface area contributed by atoms with Gasteiger partial charge in [-0.2, -0.15) is 5.10 Å². The van der Waals surface area contributed by atoms with Gasteiger partial charge in [-0.3, -0.25) is 4.68 Å². The van der Waals surface area contributed by atoms with E-state index in [1.165, 1.54) is 0 Å². The second kappa shape index (κ2) is 6.62. The first-order valence-corrected chi connectivity index (χ1v) is 9.24. The highest BCUT2D eigenvalue weighted by atomic mass is 35.5. The molecule has 1 N–H and O–H groups in total. The zero-order chi connectivity index (χ0) is 18.4. The molecule has 1 atom stereocenters. The van der Waals surface area contributed by atoms with Gasteiger partial charge < -0.3 is 9.67 Å². The third kappa shape index (κ3) is 3.09. The lowest BCUT2D eigenvalue weighted by Gasteiger charge is -2.15. The van der Waals surface area contributed by atoms with Crippen LogP contribution in [-0.2, 0) is 13.1 Å². The van der Waals surface area contributed by atoms with E-state index in [4.69, 9.17) is 23.2 Å². The van der Waals surface area contributed by atoms with Crippen molar-refractivity contribution < 1.29 is 5.11 Å². The molecule has 2 aromatic heterocycles. The Kier molecular flexibility index (Phi) is 4.43. The molecule has 4 nitrogen and oxygen atoms in total. The molecule has 134 valence electrons. The number of aryl methyl sites for hydroxylation is 2. The van der Waals surface area contributed by atoms with Crippen molar-refractivity contribution in [1.82, 2.24) is 14.3 Å². The lowest BCUT2D eigenvalue weighted by atomic mass is 10.1. The molecule has 4 rings (SSSR count). The Hall–Kier alpha value is -2.01. The highest BCUT2D eigenvalue weighted by Crippen LogP contribution is 2.33. The number of aliphatic hydroxyl groups is 1. The van der Waals surface area contributed by atoms with E-state index in [-0.39, 0.29) is 0 Å². The number of hydrogen-bond donors (Lipinski definition) is 1. The van der Waals surface area contributed by atoms with E-state index in [9.17, 15) is 5.11 Å². The summed E-state index contributed by atoms with van der Waals surface area (Å²) >= 11 is 12.4. The van der Waals surface area contributed by atoms with Gasteiger partial charge in [0.15, 0.2) is 0 Å². The van der Waals surface area contributed by atoms with Crippen molar-refractivity contribution in [3.05, 3.63) is 63.9 Å². The summed E-state index contributed by atoms with van der Waals surface area (Å²) in [5, 5.41) is 18.6. The third-order valence-electron chi connectivity index (χ3n) is 4.67. The van der Waals surface area contributed by atoms with Crippen LogP contribution in [0.2, 0.25) is 10.0 Å². The fraction of sp³-hybridized carbons (Fsp3) is 0.250. The van der Waals surface area contributed by atoms with Crippen LogP contribution >= 0.6 is 23.2 Å². The predicted octanol–water partition coefficient (Wildman–Crippen LogP) is 4.98. The summed E-state index contributed by atoms with van der Waals surface area (Å²) in [4.78, 5) is 0. The Morgan fingerprint density at radius 1 is 0.923 bits per heavy atom. The summed E-state index contributed by atoms with van der Waals surface area (Å²) in [6.07, 6.45) is -0.571. The van der Waals surface area contributed by atoms with E-state index in [0.717, 1.165) is 33.2 Å². The van der Waals surface area contributed by atoms with Crippen LogP contribution in [0.1, 0.15) is 11.4 Å². The Balaban J connectivity index is 1.76. The molecule has 6 heteroatoms. The molecule has 0 aliphatic rings. The molecule has 0 spiro atoms. The highest BCUT2D eigenvalue weighted by molar-refractivity contribution is 6.33. The van der Waals surface area contributed by atoms with Crippen LogP contribution in [0.3, 0.4) is 0 Å². The molecule has 2 heterocycles. The Bertz CT molecular complexity index is 1050. The average Bonchev–Trinajstić information content (AvgIpc) is 3.04. The van der Waals surface area contributed by atoms with Gasteiger partial charge >= 0.3 is 0 Å². The van der Waals surface area contributed by atoms with Crippen molar-refractivity contribution in [2.75, 3.05) is 0 Å². The molecule has 0 bridgehead atoms. The molecule has 0 fully saturated rings. The number of aliphatic hydroxyl groups excluding tert-OH is 1. The molecule has 0 aliphatic heterocycles. The van der Waals surface area contributed by atoms with Crippen LogP contribution < -0.4 is 0 Å². The number of aromatic nitrogens is 3. The van der Waals surface area contributed by atoms with Gasteiger partial charge in [0.2, 0.25) is 0 Å². The minimum absolute atomic E-state index is 0.446. The Morgan fingerprint density at radius 2 is 1.50 bits per heavy atom. The molecule has 4 aromatic rings. The molecule has 0 unspecified atom stereocenters. The van der Waals surface area contributed by atoms with Gasteiger partial charge in [-0.15, -0.1) is 0 Å². The maximum Gasteiger partial charge on any atom is 0.0914 e. The first-order valence-electron chi connectivity index (χ1n) is 8.48. The topological polar surface area (TPSA) is 43.0 Å². The van der Waals surface area contributed by atoms with Crippen molar-refractivity contribution >= 4 is 45.0 Å². The van der Waals surface area contributed by atoms with Crippen LogP contribution in [0.5, 0.6) is 0 Å². The first kappa shape index (κ1) is 17.4. The van der Waals surface area contributed by atoms with E-state index in [1.807, 2.05) is 61.0 Å². The van der Waals surface area contributed by atoms with Crippen LogP contribution in [0.15, 0.2) is 42.5 Å². The standard InChI is InChI=1S/C20H19Cl2N3O/c1-12-7-13(2)25(23-12)11-16(26)10-24-19-5-3-14(21)8-17(19)18-9-15(22)4-6-20(18)24/h3-9,16,26H,10-11H2,1-2H3/t16-/m1/s1. The number of rotatable bonds is 4. The monoisotopic (exact) mass is 387 g/mol. The number of hydrogen-bond acceptors (Lipinski definition) is 2. The minimum Gasteiger partial charge on any atom is -0.389 e. The summed E-state index contributed by atoms with van der Waals surface area (Å²) in [7, 11) is 0. The predicted molar refractivity (Wildman–Crippen MR) is 107 cm³/mol. The molecule has 0 aliphatic carbocycles. The summed E-state index contributed by atoms with van der Waals surface area (Å²) in [5.41, 5.74) is 4.05. The Morgan fingerprint density at radius 3 is 2.00 bits per heavy atom. The van der Waals surface area contributed by atoms with Gasteiger partial charge in [0.1, 0.15) is 0 Å². The Labute approximate surface area is 161 Å². The van der Waals surface area contributed by atoms with Crippen molar-refractivity contribution in [2.24, 2.45) is 0 Å². The van der Waals surface area contributed by atoms with Crippen molar-refractivity contribution in [3.63, 3.8) is 0 Å². The molecule has 2 aromatic carbocycles. The number of halogens is 2. The third-order valence-corrected chi connectivity index (χ3v) is 5.14. The quantitative estimate of drug-likeness (QED) is 0.536. The second-order valence-electron chi connectivity index (χ2n) is 6.70. The lowest BCUT2D eigenvalue weighted by Crippen LogP contribution is -2.23. The van der Waals surface area contributed by atoms with Gasteiger partial charge in [-0.25, -0.2) is 0 Å². The molecule has 0 saturated carbocycles. The van der Waals surface area contributed by atoms with Gasteiger partial charge in [-0.05, 0) is 56.3 Å². The number of benzene rings is 2. The molecular formula is C20H19Cl2N3O. The fourth-order valence-electron chi connectivity index (χ4n) is 3.57. The molecule has 26 heavy (non-hydrogen) atoms. The number of fused-ring (bicyclic) bond motifs is 3. The van der Waals surface area contributed by atoms with E-state index in [1.54, 1.807) is 0 Å². The van der Waals surface area contributed by atoms with Crippen molar-refractivity contribution in [2.45, 2.75) is 33.0 Å². The molecule has 0 amide bonds. The molecular weight excluding hydrogens is 369 g/mol. The maximum absolute atomic E-state index is 10.7. The van der Waals surface area contributed by atoms with E-state index in [2.05, 4.69) is 9.67 Å². The average molecular weight is 388 g/mol. The zero-order valence-corrected chi connectivity index (χ0v) is 16.1. The van der Waals surface area contributed by atoms with Crippen LogP contribution in [0.4, 0.5) is 0 Å². The van der Waals surface area contributed by atoms with E-state index in [0.29, 0.717) is 23.1 Å². The summed E-state index contributed by atoms with van der Waals surface area (Å²) < 4.78 is 3.97. The summed E-state index contributed by atoms with van der Waals surface area (Å²) in [6.45, 7) is 4.86. The smallest absolute Gasteiger partial charge is 0.0914 e. The van der Waals surface area contributed by atoms with Crippen LogP contribution in [0.25, 0.3) is 21.8 Å². The zero-order valence-electron chi connectivity index (χ0n) is 14.6. The van der Waals surface area contributed by atoms with Gasteiger partial charge in [-0.1, -0.05) is 23.2 Å². The lowest BCUT2D eigenvalue weighted by molar-refractivity contribution is 0.132. The fourth-order valence-corrected chi connectivity index (χ4v) is 3.92. The van der Waals surface area contributed by atoms with Gasteiger partial charge in [0, 0.05) is 37.5 Å². The van der Waals surface area contributed by atoms with Crippen molar-refractivity contribution in [1.29, 1.82) is 0 Å². The van der Waals surface area contributed by atoms with Gasteiger partial charge in [0.05, 0.1) is 24.9 Å². The summed E-state index contributed by atoms with van der Waals surface area (Å²) in [5.74, 6) is 0. The minimum atomic E-state index is -0.571. The van der Waals surface area contributed by atoms with Crippen LogP contribution in [-0.4, -0.2) is 25.6 Å². The second-order valence-corrected chi connectivity index (χ2v) is 7.57. The first-order chi connectivity index (χ1) is 12.4. The molecule has 0 radical (unpaired) electrons. The van der Waals surface area contributed by atoms with Gasteiger partial charge in [0.25, 0.3) is 0 Å². The molecule has 0 saturated heterocycles. The number of nitrogens with zero attached hydrogens (tertiary/aromatic N) is 3. The highest BCUT2D eigenvalue weighted by Gasteiger charge is 2.16. The normalized spacial score (nSPS) is 13.0. The van der Waals surface area contributed by atoms with Crippen LogP contribution in [0, 0.1) is 13.8 Å². The maximum atomic E-state index is 10.7. The van der Waals surface area contributed by atoms with E-state index >= 15 is 0 Å².